The van der Waals surface area contributed by atoms with Gasteiger partial charge >= 0.3 is 11.9 Å². The van der Waals surface area contributed by atoms with Crippen LogP contribution < -0.4 is 14.4 Å². The lowest BCUT2D eigenvalue weighted by Crippen LogP contribution is -2.32. The third kappa shape index (κ3) is 10.1. The van der Waals surface area contributed by atoms with Crippen molar-refractivity contribution in [2.24, 2.45) is 0 Å². The molecule has 200 valence electrons. The predicted molar refractivity (Wildman–Crippen MR) is 130 cm³/mol. The van der Waals surface area contributed by atoms with Gasteiger partial charge in [0.25, 0.3) is 0 Å². The van der Waals surface area contributed by atoms with Gasteiger partial charge in [0.05, 0.1) is 6.10 Å². The van der Waals surface area contributed by atoms with Gasteiger partial charge in [0.15, 0.2) is 0 Å². The highest BCUT2D eigenvalue weighted by Gasteiger charge is 2.31. The van der Waals surface area contributed by atoms with Gasteiger partial charge in [0, 0.05) is 35.8 Å². The van der Waals surface area contributed by atoms with E-state index >= 15 is 0 Å². The van der Waals surface area contributed by atoms with E-state index in [1.54, 1.807) is 36.4 Å². The van der Waals surface area contributed by atoms with Gasteiger partial charge in [-0.25, -0.2) is 0 Å². The van der Waals surface area contributed by atoms with E-state index < -0.39 is 23.7 Å². The van der Waals surface area contributed by atoms with E-state index in [2.05, 4.69) is 4.74 Å². The van der Waals surface area contributed by atoms with Gasteiger partial charge in [0.1, 0.15) is 17.2 Å². The number of thioether (sulfide) groups is 1. The lowest BCUT2D eigenvalue weighted by Gasteiger charge is -2.28. The van der Waals surface area contributed by atoms with E-state index in [0.29, 0.717) is 23.4 Å². The molecular weight excluding hydrogens is 520 g/mol. The standard InChI is InChI=1S/C26H25F6NO3S/c1-2-6-20(34)17-33(16-18-7-3-12-24(13-18)37-26(30,31)32)19-8-4-9-21(14-19)35-22-10-5-11-23(15-22)36-25(27,28)29/h3-5,7-15,20,34H,2,6,16-17H2,1H3. The SMILES string of the molecule is CCCC(O)CN(Cc1cccc(SC(F)(F)F)c1)c1cccc(Oc2cccc(OC(F)(F)F)c2)c1. The van der Waals surface area contributed by atoms with Gasteiger partial charge in [-0.05, 0) is 60.1 Å². The Labute approximate surface area is 214 Å². The number of hydrogen-bond acceptors (Lipinski definition) is 5. The summed E-state index contributed by atoms with van der Waals surface area (Å²) in [7, 11) is 0. The molecule has 0 aliphatic heterocycles. The number of hydrogen-bond donors (Lipinski definition) is 1. The van der Waals surface area contributed by atoms with Crippen molar-refractivity contribution >= 4 is 17.4 Å². The molecule has 0 aliphatic rings. The average molecular weight is 546 g/mol. The Hall–Kier alpha value is -3.05. The minimum Gasteiger partial charge on any atom is -0.457 e. The van der Waals surface area contributed by atoms with Crippen molar-refractivity contribution in [1.82, 2.24) is 0 Å². The summed E-state index contributed by atoms with van der Waals surface area (Å²) < 4.78 is 85.8. The van der Waals surface area contributed by atoms with E-state index in [1.165, 1.54) is 24.3 Å². The molecule has 0 spiro atoms. The van der Waals surface area contributed by atoms with Gasteiger partial charge < -0.3 is 19.5 Å². The fourth-order valence-electron chi connectivity index (χ4n) is 3.62. The molecule has 0 radical (unpaired) electrons. The van der Waals surface area contributed by atoms with Gasteiger partial charge in [-0.15, -0.1) is 13.2 Å². The predicted octanol–water partition coefficient (Wildman–Crippen LogP) is 8.16. The molecule has 4 nitrogen and oxygen atoms in total. The molecule has 3 aromatic carbocycles. The van der Waals surface area contributed by atoms with Gasteiger partial charge in [-0.2, -0.15) is 13.2 Å². The van der Waals surface area contributed by atoms with Gasteiger partial charge in [0.2, 0.25) is 0 Å². The maximum Gasteiger partial charge on any atom is 0.573 e. The van der Waals surface area contributed by atoms with Crippen molar-refractivity contribution < 1.29 is 40.9 Å². The highest BCUT2D eigenvalue weighted by atomic mass is 32.2. The maximum absolute atomic E-state index is 12.8. The summed E-state index contributed by atoms with van der Waals surface area (Å²) in [5, 5.41) is 10.5. The zero-order chi connectivity index (χ0) is 27.1. The van der Waals surface area contributed by atoms with E-state index in [4.69, 9.17) is 4.74 Å². The Bertz CT molecular complexity index is 1160. The molecule has 0 aromatic heterocycles. The van der Waals surface area contributed by atoms with Crippen LogP contribution in [0.2, 0.25) is 0 Å². The summed E-state index contributed by atoms with van der Waals surface area (Å²) in [6.45, 7) is 2.35. The molecule has 0 heterocycles. The van der Waals surface area contributed by atoms with Crippen LogP contribution in [0.15, 0.2) is 77.7 Å². The highest BCUT2D eigenvalue weighted by Crippen LogP contribution is 2.37. The number of aliphatic hydroxyl groups excluding tert-OH is 1. The number of alkyl halides is 6. The molecule has 1 atom stereocenters. The Morgan fingerprint density at radius 3 is 2.19 bits per heavy atom. The van der Waals surface area contributed by atoms with Crippen molar-refractivity contribution in [3.05, 3.63) is 78.4 Å². The summed E-state index contributed by atoms with van der Waals surface area (Å²) in [5.74, 6) is 0.00781. The number of nitrogens with zero attached hydrogens (tertiary/aromatic N) is 1. The van der Waals surface area contributed by atoms with Crippen molar-refractivity contribution in [3.8, 4) is 17.2 Å². The van der Waals surface area contributed by atoms with E-state index in [0.717, 1.165) is 18.6 Å². The quantitative estimate of drug-likeness (QED) is 0.195. The fraction of sp³-hybridized carbons (Fsp3) is 0.308. The number of benzene rings is 3. The van der Waals surface area contributed by atoms with E-state index in [9.17, 15) is 31.4 Å². The summed E-state index contributed by atoms with van der Waals surface area (Å²) in [6, 6.07) is 17.8. The molecule has 0 saturated heterocycles. The second kappa shape index (κ2) is 12.5. The topological polar surface area (TPSA) is 41.9 Å². The zero-order valence-corrected chi connectivity index (χ0v) is 20.5. The molecule has 0 aliphatic carbocycles. The second-order valence-corrected chi connectivity index (χ2v) is 9.28. The molecule has 1 unspecified atom stereocenters. The van der Waals surface area contributed by atoms with Crippen LogP contribution in [-0.4, -0.2) is 29.6 Å². The normalized spacial score (nSPS) is 12.8. The third-order valence-corrected chi connectivity index (χ3v) is 5.74. The first kappa shape index (κ1) is 28.5. The number of halogens is 6. The highest BCUT2D eigenvalue weighted by molar-refractivity contribution is 8.00. The summed E-state index contributed by atoms with van der Waals surface area (Å²) in [6.07, 6.45) is -4.25. The molecule has 0 fully saturated rings. The zero-order valence-electron chi connectivity index (χ0n) is 19.7. The number of anilines is 1. The fourth-order valence-corrected chi connectivity index (χ4v) is 4.24. The van der Waals surface area contributed by atoms with Crippen LogP contribution in [-0.2, 0) is 6.54 Å². The van der Waals surface area contributed by atoms with Crippen LogP contribution in [0.25, 0.3) is 0 Å². The van der Waals surface area contributed by atoms with Crippen LogP contribution >= 0.6 is 11.8 Å². The first-order valence-electron chi connectivity index (χ1n) is 11.3. The molecular formula is C26H25F6NO3S. The third-order valence-electron chi connectivity index (χ3n) is 5.02. The van der Waals surface area contributed by atoms with Crippen LogP contribution in [0.1, 0.15) is 25.3 Å². The number of rotatable bonds is 11. The molecule has 0 amide bonds. The van der Waals surface area contributed by atoms with Crippen molar-refractivity contribution in [2.75, 3.05) is 11.4 Å². The lowest BCUT2D eigenvalue weighted by molar-refractivity contribution is -0.274. The van der Waals surface area contributed by atoms with Crippen LogP contribution in [0.3, 0.4) is 0 Å². The summed E-state index contributed by atoms with van der Waals surface area (Å²) >= 11 is -0.201. The van der Waals surface area contributed by atoms with Gasteiger partial charge in [-0.1, -0.05) is 37.6 Å². The maximum atomic E-state index is 12.8. The molecule has 11 heteroatoms. The second-order valence-electron chi connectivity index (χ2n) is 8.14. The minimum atomic E-state index is -4.84. The van der Waals surface area contributed by atoms with E-state index in [1.807, 2.05) is 11.8 Å². The smallest absolute Gasteiger partial charge is 0.457 e. The average Bonchev–Trinajstić information content (AvgIpc) is 2.77. The van der Waals surface area contributed by atoms with Crippen LogP contribution in [0, 0.1) is 0 Å². The first-order valence-corrected chi connectivity index (χ1v) is 12.1. The molecule has 3 rings (SSSR count). The molecule has 0 saturated carbocycles. The Balaban J connectivity index is 1.83. The Morgan fingerprint density at radius 1 is 0.865 bits per heavy atom. The minimum absolute atomic E-state index is 0.0529. The van der Waals surface area contributed by atoms with Crippen LogP contribution in [0.4, 0.5) is 32.0 Å². The molecule has 3 aromatic rings. The lowest BCUT2D eigenvalue weighted by atomic mass is 10.1. The van der Waals surface area contributed by atoms with Crippen LogP contribution in [0.5, 0.6) is 17.2 Å². The monoisotopic (exact) mass is 545 g/mol. The number of ether oxygens (including phenoxy) is 2. The first-order chi connectivity index (χ1) is 17.4. The summed E-state index contributed by atoms with van der Waals surface area (Å²) in [4.78, 5) is 1.87. The van der Waals surface area contributed by atoms with Gasteiger partial charge in [-0.3, -0.25) is 0 Å². The van der Waals surface area contributed by atoms with Crippen molar-refractivity contribution in [1.29, 1.82) is 0 Å². The van der Waals surface area contributed by atoms with Crippen molar-refractivity contribution in [2.45, 2.75) is 49.2 Å². The largest absolute Gasteiger partial charge is 0.573 e. The van der Waals surface area contributed by atoms with E-state index in [-0.39, 0.29) is 35.5 Å². The molecule has 0 bridgehead atoms. The Kier molecular flexibility index (Phi) is 9.61. The molecule has 37 heavy (non-hydrogen) atoms. The van der Waals surface area contributed by atoms with Crippen molar-refractivity contribution in [3.63, 3.8) is 0 Å². The number of aliphatic hydroxyl groups is 1. The molecule has 1 N–H and O–H groups in total. The summed E-state index contributed by atoms with van der Waals surface area (Å²) in [5.41, 5.74) is -3.19. The Morgan fingerprint density at radius 2 is 1.51 bits per heavy atom.